The minimum Gasteiger partial charge on any atom is -0.442 e. The lowest BCUT2D eigenvalue weighted by atomic mass is 10.2. The van der Waals surface area contributed by atoms with Gasteiger partial charge in [0.15, 0.2) is 0 Å². The molecule has 0 radical (unpaired) electrons. The number of hydrogen-bond donors (Lipinski definition) is 0. The van der Waals surface area contributed by atoms with E-state index in [2.05, 4.69) is 9.83 Å². The van der Waals surface area contributed by atoms with Crippen LogP contribution in [0.4, 0.5) is 4.79 Å². The molecule has 0 aromatic heterocycles. The smallest absolute Gasteiger partial charge is 0.434 e. The average molecular weight is 230 g/mol. The van der Waals surface area contributed by atoms with Gasteiger partial charge in [-0.2, -0.15) is 4.99 Å². The van der Waals surface area contributed by atoms with Crippen molar-refractivity contribution < 1.29 is 19.2 Å². The molecular formula is C10H18N2O4. The average Bonchev–Trinajstić information content (AvgIpc) is 2.12. The number of hydroxylamine groups is 2. The highest BCUT2D eigenvalue weighted by Gasteiger charge is 2.18. The van der Waals surface area contributed by atoms with Crippen LogP contribution >= 0.6 is 0 Å². The lowest BCUT2D eigenvalue weighted by molar-refractivity contribution is -0.160. The van der Waals surface area contributed by atoms with Gasteiger partial charge in [0.1, 0.15) is 11.3 Å². The van der Waals surface area contributed by atoms with Crippen molar-refractivity contribution in [3.05, 3.63) is 0 Å². The van der Waals surface area contributed by atoms with Crippen molar-refractivity contribution in [3.8, 4) is 0 Å². The number of ether oxygens (including phenoxy) is 1. The zero-order valence-corrected chi connectivity index (χ0v) is 10.5. The molecule has 0 heterocycles. The molecule has 0 rings (SSSR count). The zero-order valence-electron chi connectivity index (χ0n) is 10.5. The third-order valence-corrected chi connectivity index (χ3v) is 1.52. The van der Waals surface area contributed by atoms with Crippen molar-refractivity contribution in [1.29, 1.82) is 0 Å². The second kappa shape index (κ2) is 5.60. The molecule has 0 aliphatic rings. The maximum Gasteiger partial charge on any atom is 0.434 e. The molecule has 6 nitrogen and oxygen atoms in total. The Labute approximate surface area is 95.2 Å². The van der Waals surface area contributed by atoms with Crippen LogP contribution in [-0.2, 0) is 14.4 Å². The lowest BCUT2D eigenvalue weighted by Gasteiger charge is -2.18. The van der Waals surface area contributed by atoms with Gasteiger partial charge in [0.25, 0.3) is 5.91 Å². The molecule has 0 aromatic carbocycles. The summed E-state index contributed by atoms with van der Waals surface area (Å²) in [5.74, 6) is -0.492. The first-order valence-electron chi connectivity index (χ1n) is 4.78. The van der Waals surface area contributed by atoms with Crippen molar-refractivity contribution in [2.24, 2.45) is 4.99 Å². The fourth-order valence-electron chi connectivity index (χ4n) is 0.780. The Morgan fingerprint density at radius 3 is 2.12 bits per heavy atom. The molecule has 0 N–H and O–H groups in total. The van der Waals surface area contributed by atoms with Crippen molar-refractivity contribution in [1.82, 2.24) is 5.06 Å². The molecular weight excluding hydrogens is 212 g/mol. The molecule has 0 aliphatic heterocycles. The molecule has 6 heteroatoms. The van der Waals surface area contributed by atoms with Gasteiger partial charge < -0.3 is 4.74 Å². The van der Waals surface area contributed by atoms with E-state index in [9.17, 15) is 9.59 Å². The van der Waals surface area contributed by atoms with Gasteiger partial charge in [0, 0.05) is 7.05 Å². The van der Waals surface area contributed by atoms with Crippen molar-refractivity contribution in [2.75, 3.05) is 14.2 Å². The zero-order chi connectivity index (χ0) is 12.9. The summed E-state index contributed by atoms with van der Waals surface area (Å²) in [6, 6.07) is 0. The predicted octanol–water partition coefficient (Wildman–Crippen LogP) is 1.40. The van der Waals surface area contributed by atoms with E-state index in [1.807, 2.05) is 0 Å². The molecule has 0 saturated carbocycles. The van der Waals surface area contributed by atoms with Gasteiger partial charge in [-0.3, -0.25) is 9.63 Å². The number of carbonyl (C=O) groups is 2. The monoisotopic (exact) mass is 230 g/mol. The molecule has 0 unspecified atom stereocenters. The first kappa shape index (κ1) is 14.6. The first-order valence-corrected chi connectivity index (χ1v) is 4.78. The van der Waals surface area contributed by atoms with E-state index in [1.165, 1.54) is 21.1 Å². The van der Waals surface area contributed by atoms with Crippen molar-refractivity contribution in [3.63, 3.8) is 0 Å². The molecule has 92 valence electrons. The SMILES string of the molecule is CON(C)C(=O)/C(C)=N/C(=O)OC(C)(C)C. The number of aliphatic imine (C=N–C) groups is 1. The van der Waals surface area contributed by atoms with E-state index >= 15 is 0 Å². The molecule has 0 atom stereocenters. The van der Waals surface area contributed by atoms with Gasteiger partial charge >= 0.3 is 6.09 Å². The molecule has 0 spiro atoms. The summed E-state index contributed by atoms with van der Waals surface area (Å²) in [4.78, 5) is 30.9. The highest BCUT2D eigenvalue weighted by molar-refractivity contribution is 6.38. The Balaban J connectivity index is 4.55. The maximum absolute atomic E-state index is 11.4. The van der Waals surface area contributed by atoms with Gasteiger partial charge in [0.2, 0.25) is 0 Å². The van der Waals surface area contributed by atoms with Crippen LogP contribution in [0.3, 0.4) is 0 Å². The first-order chi connectivity index (χ1) is 7.17. The summed E-state index contributed by atoms with van der Waals surface area (Å²) in [6.45, 7) is 6.58. The van der Waals surface area contributed by atoms with Crippen LogP contribution in [0.2, 0.25) is 0 Å². The molecule has 2 amide bonds. The van der Waals surface area contributed by atoms with Crippen LogP contribution in [0.15, 0.2) is 4.99 Å². The lowest BCUT2D eigenvalue weighted by Crippen LogP contribution is -2.32. The maximum atomic E-state index is 11.4. The topological polar surface area (TPSA) is 68.2 Å². The fraction of sp³-hybridized carbons (Fsp3) is 0.700. The summed E-state index contributed by atoms with van der Waals surface area (Å²) >= 11 is 0. The van der Waals surface area contributed by atoms with Crippen LogP contribution in [0, 0.1) is 0 Å². The van der Waals surface area contributed by atoms with E-state index in [4.69, 9.17) is 4.74 Å². The summed E-state index contributed by atoms with van der Waals surface area (Å²) in [7, 11) is 2.77. The minimum atomic E-state index is -0.789. The van der Waals surface area contributed by atoms with E-state index in [-0.39, 0.29) is 5.71 Å². The normalized spacial score (nSPS) is 12.2. The molecule has 0 bridgehead atoms. The molecule has 0 fully saturated rings. The van der Waals surface area contributed by atoms with Crippen molar-refractivity contribution in [2.45, 2.75) is 33.3 Å². The van der Waals surface area contributed by atoms with Gasteiger partial charge in [-0.25, -0.2) is 9.86 Å². The van der Waals surface area contributed by atoms with Crippen LogP contribution < -0.4 is 0 Å². The fourth-order valence-corrected chi connectivity index (χ4v) is 0.780. The summed E-state index contributed by atoms with van der Waals surface area (Å²) in [5.41, 5.74) is -0.615. The summed E-state index contributed by atoms with van der Waals surface area (Å²) < 4.78 is 4.93. The highest BCUT2D eigenvalue weighted by atomic mass is 16.7. The molecule has 0 saturated heterocycles. The van der Waals surface area contributed by atoms with Gasteiger partial charge in [0.05, 0.1) is 7.11 Å². The van der Waals surface area contributed by atoms with E-state index in [0.717, 1.165) is 5.06 Å². The van der Waals surface area contributed by atoms with E-state index in [0.29, 0.717) is 0 Å². The Morgan fingerprint density at radius 2 is 1.75 bits per heavy atom. The van der Waals surface area contributed by atoms with Crippen LogP contribution in [0.1, 0.15) is 27.7 Å². The van der Waals surface area contributed by atoms with E-state index < -0.39 is 17.6 Å². The predicted molar refractivity (Wildman–Crippen MR) is 59.1 cm³/mol. The third kappa shape index (κ3) is 5.45. The highest BCUT2D eigenvalue weighted by Crippen LogP contribution is 2.08. The molecule has 0 aromatic rings. The number of nitrogens with zero attached hydrogens (tertiary/aromatic N) is 2. The summed E-state index contributed by atoms with van der Waals surface area (Å²) in [6.07, 6.45) is -0.789. The second-order valence-corrected chi connectivity index (χ2v) is 4.16. The van der Waals surface area contributed by atoms with E-state index in [1.54, 1.807) is 20.8 Å². The third-order valence-electron chi connectivity index (χ3n) is 1.52. The standard InChI is InChI=1S/C10H18N2O4/c1-7(8(13)12(5)15-6)11-9(14)16-10(2,3)4/h1-6H3/b11-7+. The number of rotatable bonds is 2. The van der Waals surface area contributed by atoms with Crippen LogP contribution in [0.25, 0.3) is 0 Å². The molecule has 0 aliphatic carbocycles. The van der Waals surface area contributed by atoms with Gasteiger partial charge in [-0.1, -0.05) is 0 Å². The Kier molecular flexibility index (Phi) is 5.10. The Morgan fingerprint density at radius 1 is 1.25 bits per heavy atom. The quantitative estimate of drug-likeness (QED) is 0.531. The number of carbonyl (C=O) groups excluding carboxylic acids is 2. The van der Waals surface area contributed by atoms with Crippen molar-refractivity contribution >= 4 is 17.7 Å². The minimum absolute atomic E-state index is 0.0126. The van der Waals surface area contributed by atoms with Gasteiger partial charge in [-0.15, -0.1) is 0 Å². The number of amides is 2. The second-order valence-electron chi connectivity index (χ2n) is 4.16. The van der Waals surface area contributed by atoms with Crippen LogP contribution in [0.5, 0.6) is 0 Å². The van der Waals surface area contributed by atoms with Crippen LogP contribution in [-0.4, -0.2) is 42.5 Å². The summed E-state index contributed by atoms with van der Waals surface area (Å²) in [5, 5.41) is 0.975. The largest absolute Gasteiger partial charge is 0.442 e. The Bertz CT molecular complexity index is 304. The Hall–Kier alpha value is -1.43. The molecule has 16 heavy (non-hydrogen) atoms. The van der Waals surface area contributed by atoms with Gasteiger partial charge in [-0.05, 0) is 27.7 Å². The number of hydrogen-bond acceptors (Lipinski definition) is 4.